The van der Waals surface area contributed by atoms with Crippen LogP contribution in [0.1, 0.15) is 37.4 Å². The van der Waals surface area contributed by atoms with E-state index in [0.717, 1.165) is 36.1 Å². The van der Waals surface area contributed by atoms with Crippen LogP contribution in [0.25, 0.3) is 22.2 Å². The second-order valence-electron chi connectivity index (χ2n) is 9.49. The molecule has 5 nitrogen and oxygen atoms in total. The van der Waals surface area contributed by atoms with Crippen molar-refractivity contribution in [2.24, 2.45) is 18.9 Å². The Kier molecular flexibility index (Phi) is 5.49. The molecule has 164 valence electrons. The van der Waals surface area contributed by atoms with Crippen LogP contribution >= 0.6 is 0 Å². The molecule has 31 heavy (non-hydrogen) atoms. The average molecular weight is 419 g/mol. The highest BCUT2D eigenvalue weighted by Gasteiger charge is 2.39. The molecule has 5 heteroatoms. The van der Waals surface area contributed by atoms with E-state index in [9.17, 15) is 4.79 Å². The Bertz CT molecular complexity index is 1140. The number of aromatic nitrogens is 2. The summed E-state index contributed by atoms with van der Waals surface area (Å²) in [7, 11) is 4.31. The smallest absolute Gasteiger partial charge is 0.248 e. The molecule has 2 aliphatic rings. The van der Waals surface area contributed by atoms with Crippen molar-refractivity contribution in [2.75, 3.05) is 20.1 Å². The van der Waals surface area contributed by atoms with E-state index in [1.54, 1.807) is 6.07 Å². The third-order valence-corrected chi connectivity index (χ3v) is 7.75. The molecular weight excluding hydrogens is 384 g/mol. The number of aryl methyl sites for hydroxylation is 2. The number of aromatic amines is 1. The van der Waals surface area contributed by atoms with Gasteiger partial charge < -0.3 is 14.9 Å². The van der Waals surface area contributed by atoms with E-state index in [-0.39, 0.29) is 5.56 Å². The number of hydrogen-bond acceptors (Lipinski definition) is 3. The van der Waals surface area contributed by atoms with Gasteiger partial charge in [0.1, 0.15) is 0 Å². The molecule has 0 bridgehead atoms. The van der Waals surface area contributed by atoms with Gasteiger partial charge in [0, 0.05) is 55.4 Å². The summed E-state index contributed by atoms with van der Waals surface area (Å²) >= 11 is 0. The summed E-state index contributed by atoms with van der Waals surface area (Å²) < 4.78 is 2.34. The summed E-state index contributed by atoms with van der Waals surface area (Å²) in [5, 5.41) is 4.81. The second kappa shape index (κ2) is 8.29. The lowest BCUT2D eigenvalue weighted by Gasteiger charge is -2.32. The van der Waals surface area contributed by atoms with E-state index in [1.807, 2.05) is 6.07 Å². The Balaban J connectivity index is 1.42. The molecule has 5 rings (SSSR count). The summed E-state index contributed by atoms with van der Waals surface area (Å²) in [6.07, 6.45) is 4.96. The highest BCUT2D eigenvalue weighted by atomic mass is 16.1. The summed E-state index contributed by atoms with van der Waals surface area (Å²) in [6.45, 7) is 5.56. The molecular formula is C26H34N4O. The second-order valence-corrected chi connectivity index (χ2v) is 9.49. The van der Waals surface area contributed by atoms with Crippen LogP contribution in [0.2, 0.25) is 0 Å². The Morgan fingerprint density at radius 3 is 2.81 bits per heavy atom. The van der Waals surface area contributed by atoms with Gasteiger partial charge in [-0.2, -0.15) is 0 Å². The molecule has 1 aromatic carbocycles. The molecule has 3 aromatic rings. The van der Waals surface area contributed by atoms with Crippen molar-refractivity contribution in [3.63, 3.8) is 0 Å². The van der Waals surface area contributed by atoms with Crippen molar-refractivity contribution >= 4 is 10.9 Å². The quantitative estimate of drug-likeness (QED) is 0.660. The summed E-state index contributed by atoms with van der Waals surface area (Å²) in [4.78, 5) is 17.6. The van der Waals surface area contributed by atoms with E-state index in [4.69, 9.17) is 0 Å². The average Bonchev–Trinajstić information content (AvgIpc) is 3.33. The predicted octanol–water partition coefficient (Wildman–Crippen LogP) is 3.92. The highest BCUT2D eigenvalue weighted by molar-refractivity contribution is 5.86. The standard InChI is InChI=1S/C26H34N4O/c1-4-17-9-11-25(31)28-26(17)18-8-10-24-20(12-18)13-21(29(24)3)15-30-14-19-6-5-7-23(27-2)22(19)16-30/h8-13,19,22-23,27H,4-7,14-16H2,1-3H3,(H,28,31)/t19-,22+,23-/m1/s1. The fourth-order valence-electron chi connectivity index (χ4n) is 6.05. The first-order valence-corrected chi connectivity index (χ1v) is 11.8. The van der Waals surface area contributed by atoms with Crippen LogP contribution in [0.5, 0.6) is 0 Å². The third-order valence-electron chi connectivity index (χ3n) is 7.75. The molecule has 1 saturated heterocycles. The minimum Gasteiger partial charge on any atom is -0.346 e. The number of benzene rings is 1. The van der Waals surface area contributed by atoms with E-state index < -0.39 is 0 Å². The molecule has 3 heterocycles. The van der Waals surface area contributed by atoms with Crippen molar-refractivity contribution in [3.05, 3.63) is 58.0 Å². The van der Waals surface area contributed by atoms with E-state index in [0.29, 0.717) is 6.04 Å². The van der Waals surface area contributed by atoms with E-state index in [2.05, 4.69) is 65.1 Å². The number of fused-ring (bicyclic) bond motifs is 2. The number of nitrogens with zero attached hydrogens (tertiary/aromatic N) is 2. The van der Waals surface area contributed by atoms with Gasteiger partial charge in [0.25, 0.3) is 0 Å². The molecule has 1 aliphatic heterocycles. The third kappa shape index (κ3) is 3.74. The molecule has 0 radical (unpaired) electrons. The normalized spacial score (nSPS) is 24.0. The lowest BCUT2D eigenvalue weighted by atomic mass is 9.78. The summed E-state index contributed by atoms with van der Waals surface area (Å²) in [5.41, 5.74) is 5.78. The van der Waals surface area contributed by atoms with Gasteiger partial charge in [-0.05, 0) is 67.5 Å². The zero-order chi connectivity index (χ0) is 21.5. The topological polar surface area (TPSA) is 53.1 Å². The first-order chi connectivity index (χ1) is 15.1. The maximum Gasteiger partial charge on any atom is 0.248 e. The van der Waals surface area contributed by atoms with Gasteiger partial charge in [-0.25, -0.2) is 0 Å². The first kappa shape index (κ1) is 20.5. The van der Waals surface area contributed by atoms with Gasteiger partial charge in [-0.15, -0.1) is 0 Å². The minimum atomic E-state index is -0.0450. The molecule has 2 aromatic heterocycles. The number of hydrogen-bond donors (Lipinski definition) is 2. The van der Waals surface area contributed by atoms with Crippen molar-refractivity contribution < 1.29 is 0 Å². The van der Waals surface area contributed by atoms with Gasteiger partial charge in [0.15, 0.2) is 0 Å². The zero-order valence-electron chi connectivity index (χ0n) is 18.9. The number of likely N-dealkylation sites (tertiary alicyclic amines) is 1. The molecule has 0 unspecified atom stereocenters. The Morgan fingerprint density at radius 2 is 2.00 bits per heavy atom. The van der Waals surface area contributed by atoms with Crippen LogP contribution in [0.15, 0.2) is 41.2 Å². The largest absolute Gasteiger partial charge is 0.346 e. The summed E-state index contributed by atoms with van der Waals surface area (Å²) in [5.74, 6) is 1.64. The van der Waals surface area contributed by atoms with Gasteiger partial charge in [-0.1, -0.05) is 25.5 Å². The first-order valence-electron chi connectivity index (χ1n) is 11.8. The fourth-order valence-corrected chi connectivity index (χ4v) is 6.05. The maximum absolute atomic E-state index is 11.9. The molecule has 0 spiro atoms. The lowest BCUT2D eigenvalue weighted by Crippen LogP contribution is -2.40. The van der Waals surface area contributed by atoms with Gasteiger partial charge in [0.05, 0.1) is 5.69 Å². The predicted molar refractivity (Wildman–Crippen MR) is 127 cm³/mol. The van der Waals surface area contributed by atoms with Crippen LogP contribution in [0.3, 0.4) is 0 Å². The van der Waals surface area contributed by atoms with Crippen LogP contribution in [0, 0.1) is 11.8 Å². The van der Waals surface area contributed by atoms with Gasteiger partial charge in [0.2, 0.25) is 5.56 Å². The van der Waals surface area contributed by atoms with E-state index in [1.165, 1.54) is 54.5 Å². The van der Waals surface area contributed by atoms with Crippen LogP contribution in [-0.2, 0) is 20.0 Å². The van der Waals surface area contributed by atoms with Crippen molar-refractivity contribution in [2.45, 2.75) is 45.2 Å². The van der Waals surface area contributed by atoms with Crippen LogP contribution < -0.4 is 10.9 Å². The lowest BCUT2D eigenvalue weighted by molar-refractivity contribution is 0.232. The number of pyridine rings is 1. The fraction of sp³-hybridized carbons (Fsp3) is 0.500. The summed E-state index contributed by atoms with van der Waals surface area (Å²) in [6, 6.07) is 13.1. The van der Waals surface area contributed by atoms with Crippen LogP contribution in [-0.4, -0.2) is 40.6 Å². The molecule has 3 atom stereocenters. The SMILES string of the molecule is CCc1ccc(=O)[nH]c1-c1ccc2c(c1)cc(CN1C[C@H]3CCC[C@@H](NC)[C@H]3C1)n2C. The maximum atomic E-state index is 11.9. The zero-order valence-corrected chi connectivity index (χ0v) is 18.9. The van der Waals surface area contributed by atoms with Crippen molar-refractivity contribution in [3.8, 4) is 11.3 Å². The molecule has 1 aliphatic carbocycles. The van der Waals surface area contributed by atoms with Gasteiger partial charge in [-0.3, -0.25) is 9.69 Å². The van der Waals surface area contributed by atoms with Crippen molar-refractivity contribution in [1.82, 2.24) is 19.8 Å². The molecule has 1 saturated carbocycles. The Labute approximate surface area is 184 Å². The minimum absolute atomic E-state index is 0.0450. The number of H-pyrrole nitrogens is 1. The number of nitrogens with one attached hydrogen (secondary N) is 2. The molecule has 2 N–H and O–H groups in total. The van der Waals surface area contributed by atoms with E-state index >= 15 is 0 Å². The Morgan fingerprint density at radius 1 is 1.13 bits per heavy atom. The highest BCUT2D eigenvalue weighted by Crippen LogP contribution is 2.37. The van der Waals surface area contributed by atoms with Gasteiger partial charge >= 0.3 is 0 Å². The number of rotatable bonds is 5. The van der Waals surface area contributed by atoms with Crippen LogP contribution in [0.4, 0.5) is 0 Å². The monoisotopic (exact) mass is 418 g/mol. The Hall–Kier alpha value is -2.37. The molecule has 2 fully saturated rings. The molecule has 0 amide bonds. The van der Waals surface area contributed by atoms with Crippen molar-refractivity contribution in [1.29, 1.82) is 0 Å².